The van der Waals surface area contributed by atoms with E-state index in [4.69, 9.17) is 24.7 Å². The van der Waals surface area contributed by atoms with Crippen molar-refractivity contribution in [3.05, 3.63) is 180 Å². The molecule has 366 valence electrons. The summed E-state index contributed by atoms with van der Waals surface area (Å²) in [5, 5.41) is 20.4. The van der Waals surface area contributed by atoms with Gasteiger partial charge in [-0.15, -0.1) is 0 Å². The predicted octanol–water partition coefficient (Wildman–Crippen LogP) is 10.2. The fourth-order valence-corrected chi connectivity index (χ4v) is 9.08. The molecule has 2 saturated heterocycles. The first-order valence-corrected chi connectivity index (χ1v) is 24.4. The van der Waals surface area contributed by atoms with Crippen LogP contribution in [-0.4, -0.2) is 88.2 Å². The Morgan fingerprint density at radius 1 is 0.606 bits per heavy atom. The number of halogens is 2. The van der Waals surface area contributed by atoms with Crippen LogP contribution in [0, 0.1) is 11.6 Å². The molecule has 4 aromatic heterocycles. The highest BCUT2D eigenvalue weighted by molar-refractivity contribution is 5.60. The molecule has 4 aromatic carbocycles. The van der Waals surface area contributed by atoms with Crippen LogP contribution < -0.4 is 16.0 Å². The first kappa shape index (κ1) is 48.8. The van der Waals surface area contributed by atoms with Crippen molar-refractivity contribution in [2.45, 2.75) is 76.8 Å². The Morgan fingerprint density at radius 3 is 1.48 bits per heavy atom. The molecular weight excluding hydrogens is 899 g/mol. The maximum absolute atomic E-state index is 13.7. The van der Waals surface area contributed by atoms with E-state index in [-0.39, 0.29) is 29.6 Å². The number of piperidine rings is 2. The molecule has 2 aliphatic heterocycles. The van der Waals surface area contributed by atoms with Gasteiger partial charge < -0.3 is 25.8 Å². The number of aromatic nitrogens is 8. The van der Waals surface area contributed by atoms with Gasteiger partial charge in [0.2, 0.25) is 18.3 Å². The summed E-state index contributed by atoms with van der Waals surface area (Å²) in [4.78, 5) is 30.4. The van der Waals surface area contributed by atoms with Gasteiger partial charge in [-0.3, -0.25) is 14.0 Å². The molecular formula is C55H60F2N12O2. The summed E-state index contributed by atoms with van der Waals surface area (Å²) < 4.78 is 36.6. The molecule has 71 heavy (non-hydrogen) atoms. The van der Waals surface area contributed by atoms with Crippen LogP contribution in [0.1, 0.15) is 92.9 Å². The van der Waals surface area contributed by atoms with Gasteiger partial charge in [0.05, 0.1) is 23.5 Å². The monoisotopic (exact) mass is 958 g/mol. The molecule has 0 bridgehead atoms. The van der Waals surface area contributed by atoms with Crippen molar-refractivity contribution in [1.29, 1.82) is 0 Å². The minimum Gasteiger partial charge on any atom is -0.356 e. The number of anilines is 2. The van der Waals surface area contributed by atoms with Crippen molar-refractivity contribution in [2.75, 3.05) is 43.4 Å². The first-order valence-electron chi connectivity index (χ1n) is 24.4. The molecule has 0 aliphatic carbocycles. The van der Waals surface area contributed by atoms with Gasteiger partial charge in [0.1, 0.15) is 34.9 Å². The molecule has 10 rings (SSSR count). The van der Waals surface area contributed by atoms with Gasteiger partial charge in [-0.2, -0.15) is 9.97 Å². The van der Waals surface area contributed by atoms with Crippen LogP contribution in [0.5, 0.6) is 0 Å². The van der Waals surface area contributed by atoms with Gasteiger partial charge in [-0.05, 0) is 131 Å². The zero-order valence-electron chi connectivity index (χ0n) is 40.2. The van der Waals surface area contributed by atoms with Gasteiger partial charge in [0.15, 0.2) is 0 Å². The van der Waals surface area contributed by atoms with Crippen molar-refractivity contribution in [1.82, 2.24) is 49.3 Å². The Morgan fingerprint density at radius 2 is 1.04 bits per heavy atom. The lowest BCUT2D eigenvalue weighted by Gasteiger charge is -2.33. The molecule has 0 saturated carbocycles. The molecule has 6 heterocycles. The Bertz CT molecular complexity index is 2920. The van der Waals surface area contributed by atoms with E-state index >= 15 is 0 Å². The van der Waals surface area contributed by atoms with E-state index in [1.807, 2.05) is 75.7 Å². The lowest BCUT2D eigenvalue weighted by atomic mass is 9.94. The first-order chi connectivity index (χ1) is 34.7. The molecule has 1 unspecified atom stereocenters. The summed E-state index contributed by atoms with van der Waals surface area (Å²) in [6, 6.07) is 37.0. The van der Waals surface area contributed by atoms with Gasteiger partial charge in [-0.1, -0.05) is 60.7 Å². The lowest BCUT2D eigenvalue weighted by molar-refractivity contribution is -0.195. The SMILES string of the molecule is CCOC(O)N1CCC(c2cn(-c3ccnc(N[C@@H](C)c4ccccc4)n3)c(-c3ccc(F)cc3)n2)CC1.C[C@H](Nc1nccc(-n2cc(C3CCNCC3)nc2-c2ccc(F)cc2)n1)c1ccccc1. The number of rotatable bonds is 15. The van der Waals surface area contributed by atoms with Crippen LogP contribution in [0.3, 0.4) is 0 Å². The Kier molecular flexibility index (Phi) is 15.9. The van der Waals surface area contributed by atoms with Gasteiger partial charge in [-0.25, -0.2) is 28.7 Å². The van der Waals surface area contributed by atoms with Crippen molar-refractivity contribution in [3.8, 4) is 34.4 Å². The minimum atomic E-state index is -0.876. The molecule has 0 spiro atoms. The number of hydrogen-bond acceptors (Lipinski definition) is 12. The maximum Gasteiger partial charge on any atom is 0.225 e. The third kappa shape index (κ3) is 12.2. The van der Waals surface area contributed by atoms with E-state index < -0.39 is 6.41 Å². The highest BCUT2D eigenvalue weighted by Crippen LogP contribution is 2.33. The van der Waals surface area contributed by atoms with E-state index in [0.29, 0.717) is 49.2 Å². The number of aliphatic hydroxyl groups is 1. The lowest BCUT2D eigenvalue weighted by Crippen LogP contribution is -2.42. The molecule has 8 aromatic rings. The molecule has 0 radical (unpaired) electrons. The van der Waals surface area contributed by atoms with Crippen LogP contribution >= 0.6 is 0 Å². The number of aliphatic hydroxyl groups excluding tert-OH is 1. The second kappa shape index (κ2) is 23.1. The molecule has 0 amide bonds. The van der Waals surface area contributed by atoms with Crippen LogP contribution in [-0.2, 0) is 4.74 Å². The maximum atomic E-state index is 13.7. The minimum absolute atomic E-state index is 0.0265. The molecule has 3 atom stereocenters. The zero-order chi connectivity index (χ0) is 49.1. The summed E-state index contributed by atoms with van der Waals surface area (Å²) in [6.07, 6.45) is 10.5. The number of benzene rings is 4. The number of ether oxygens (including phenoxy) is 1. The van der Waals surface area contributed by atoms with Crippen LogP contribution in [0.2, 0.25) is 0 Å². The van der Waals surface area contributed by atoms with E-state index in [1.54, 1.807) is 36.7 Å². The second-order valence-electron chi connectivity index (χ2n) is 17.9. The van der Waals surface area contributed by atoms with E-state index in [1.165, 1.54) is 24.3 Å². The topological polar surface area (TPSA) is 156 Å². The van der Waals surface area contributed by atoms with Gasteiger partial charge in [0, 0.05) is 67.4 Å². The largest absolute Gasteiger partial charge is 0.356 e. The number of likely N-dealkylation sites (tertiary alicyclic amines) is 1. The molecule has 16 heteroatoms. The predicted molar refractivity (Wildman–Crippen MR) is 272 cm³/mol. The average Bonchev–Trinajstić information content (AvgIpc) is 4.07. The van der Waals surface area contributed by atoms with E-state index in [0.717, 1.165) is 84.1 Å². The fourth-order valence-electron chi connectivity index (χ4n) is 9.08. The highest BCUT2D eigenvalue weighted by Gasteiger charge is 2.28. The summed E-state index contributed by atoms with van der Waals surface area (Å²) in [7, 11) is 0. The fraction of sp³-hybridized carbons (Fsp3) is 0.309. The average molecular weight is 959 g/mol. The summed E-state index contributed by atoms with van der Waals surface area (Å²) >= 11 is 0. The molecule has 2 aliphatic rings. The standard InChI is InChI=1S/C29H33FN6O2.C26H27FN6/c1-3-38-29(37)35-17-14-22(15-18-35)25-19-36(27(33-25)23-9-11-24(30)12-10-23)26-13-16-31-28(34-26)32-20(2)21-7-5-4-6-8-21;1-18(19-5-3-2-4-6-19)30-26-29-16-13-24(32-26)33-17-23(20-11-14-28-15-12-20)31-25(33)21-7-9-22(27)10-8-21/h4-13,16,19-20,22,29,37H,3,14-15,17-18H2,1-2H3,(H,31,32,34);2-10,13,16-18,20,28H,11-12,14-15H2,1H3,(H,29,30,32)/t20-,29?;18-/m00/s1. The number of nitrogens with zero attached hydrogens (tertiary/aromatic N) is 9. The number of hydrogen-bond donors (Lipinski definition) is 4. The van der Waals surface area contributed by atoms with E-state index in [9.17, 15) is 13.9 Å². The Labute approximate surface area is 413 Å². The Hall–Kier alpha value is -7.24. The van der Waals surface area contributed by atoms with Crippen LogP contribution in [0.25, 0.3) is 34.4 Å². The third-order valence-corrected chi connectivity index (χ3v) is 13.1. The second-order valence-corrected chi connectivity index (χ2v) is 17.9. The van der Waals surface area contributed by atoms with Crippen LogP contribution in [0.4, 0.5) is 20.7 Å². The number of imidazole rings is 2. The smallest absolute Gasteiger partial charge is 0.225 e. The van der Waals surface area contributed by atoms with Crippen molar-refractivity contribution < 1.29 is 18.6 Å². The van der Waals surface area contributed by atoms with Gasteiger partial charge in [0.25, 0.3) is 0 Å². The molecule has 4 N–H and O–H groups in total. The normalized spacial score (nSPS) is 15.9. The van der Waals surface area contributed by atoms with Crippen LogP contribution in [0.15, 0.2) is 146 Å². The molecule has 2 fully saturated rings. The quantitative estimate of drug-likeness (QED) is 0.0723. The highest BCUT2D eigenvalue weighted by atomic mass is 19.1. The van der Waals surface area contributed by atoms with E-state index in [2.05, 4.69) is 70.2 Å². The summed E-state index contributed by atoms with van der Waals surface area (Å²) in [5.74, 6) is 3.95. The van der Waals surface area contributed by atoms with Crippen molar-refractivity contribution >= 4 is 11.9 Å². The zero-order valence-corrected chi connectivity index (χ0v) is 40.2. The van der Waals surface area contributed by atoms with Gasteiger partial charge >= 0.3 is 0 Å². The summed E-state index contributed by atoms with van der Waals surface area (Å²) in [5.41, 5.74) is 5.94. The third-order valence-electron chi connectivity index (χ3n) is 13.1. The van der Waals surface area contributed by atoms with Crippen molar-refractivity contribution in [3.63, 3.8) is 0 Å². The van der Waals surface area contributed by atoms with Crippen molar-refractivity contribution in [2.24, 2.45) is 0 Å². The Balaban J connectivity index is 0.000000177. The molecule has 14 nitrogen and oxygen atoms in total. The summed E-state index contributed by atoms with van der Waals surface area (Å²) in [6.45, 7) is 9.89. The number of nitrogens with one attached hydrogen (secondary N) is 3.